The van der Waals surface area contributed by atoms with Crippen LogP contribution in [0.25, 0.3) is 10.2 Å². The Morgan fingerprint density at radius 2 is 2.44 bits per heavy atom. The quantitative estimate of drug-likeness (QED) is 0.457. The van der Waals surface area contributed by atoms with Crippen molar-refractivity contribution in [2.24, 2.45) is 5.92 Å². The van der Waals surface area contributed by atoms with E-state index in [9.17, 15) is 14.9 Å². The van der Waals surface area contributed by atoms with Gasteiger partial charge >= 0.3 is 0 Å². The minimum absolute atomic E-state index is 0.102. The number of nitriles is 1. The van der Waals surface area contributed by atoms with Crippen LogP contribution in [0.15, 0.2) is 34.1 Å². The second-order valence-electron chi connectivity index (χ2n) is 6.16. The van der Waals surface area contributed by atoms with Crippen molar-refractivity contribution in [3.8, 4) is 6.07 Å². The lowest BCUT2D eigenvalue weighted by Gasteiger charge is -2.22. The van der Waals surface area contributed by atoms with Gasteiger partial charge in [0.25, 0.3) is 5.56 Å². The van der Waals surface area contributed by atoms with Gasteiger partial charge in [-0.3, -0.25) is 14.2 Å². The van der Waals surface area contributed by atoms with Gasteiger partial charge in [-0.1, -0.05) is 17.8 Å². The molecule has 0 spiro atoms. The number of thioether (sulfide) groups is 1. The average Bonchev–Trinajstić information content (AvgIpc) is 3.35. The highest BCUT2D eigenvalue weighted by molar-refractivity contribution is 7.99. The van der Waals surface area contributed by atoms with Crippen molar-refractivity contribution in [1.29, 1.82) is 5.26 Å². The Morgan fingerprint density at radius 1 is 1.68 bits per heavy atom. The predicted octanol–water partition coefficient (Wildman–Crippen LogP) is 2.54. The molecule has 130 valence electrons. The van der Waals surface area contributed by atoms with Crippen LogP contribution in [0.2, 0.25) is 0 Å². The molecule has 1 aliphatic rings. The van der Waals surface area contributed by atoms with Crippen molar-refractivity contribution >= 4 is 39.2 Å². The van der Waals surface area contributed by atoms with Crippen molar-refractivity contribution in [2.45, 2.75) is 37.0 Å². The molecule has 1 fully saturated rings. The monoisotopic (exact) mass is 374 g/mol. The summed E-state index contributed by atoms with van der Waals surface area (Å²) >= 11 is 2.60. The van der Waals surface area contributed by atoms with Gasteiger partial charge in [0.05, 0.1) is 17.2 Å². The maximum Gasteiger partial charge on any atom is 0.263 e. The van der Waals surface area contributed by atoms with Crippen LogP contribution in [0.1, 0.15) is 19.8 Å². The number of aromatic nitrogens is 2. The second kappa shape index (κ2) is 7.02. The molecule has 8 heteroatoms. The molecule has 6 nitrogen and oxygen atoms in total. The molecule has 1 saturated carbocycles. The van der Waals surface area contributed by atoms with Crippen LogP contribution in [0.3, 0.4) is 0 Å². The molecule has 0 bridgehead atoms. The minimum atomic E-state index is -0.816. The molecule has 0 aromatic carbocycles. The number of nitrogens with one attached hydrogen (secondary N) is 1. The van der Waals surface area contributed by atoms with E-state index in [4.69, 9.17) is 0 Å². The molecule has 1 aliphatic carbocycles. The van der Waals surface area contributed by atoms with Crippen molar-refractivity contribution in [3.63, 3.8) is 0 Å². The Bertz CT molecular complexity index is 923. The fourth-order valence-corrected chi connectivity index (χ4v) is 4.28. The summed E-state index contributed by atoms with van der Waals surface area (Å²) in [6.45, 7) is 5.77. The van der Waals surface area contributed by atoms with E-state index < -0.39 is 5.54 Å². The zero-order chi connectivity index (χ0) is 18.0. The number of amides is 1. The highest BCUT2D eigenvalue weighted by Gasteiger charge is 2.42. The van der Waals surface area contributed by atoms with E-state index in [0.717, 1.165) is 12.8 Å². The lowest BCUT2D eigenvalue weighted by molar-refractivity contribution is -0.119. The van der Waals surface area contributed by atoms with Crippen molar-refractivity contribution < 1.29 is 4.79 Å². The van der Waals surface area contributed by atoms with E-state index in [1.807, 2.05) is 5.38 Å². The van der Waals surface area contributed by atoms with Gasteiger partial charge < -0.3 is 5.32 Å². The van der Waals surface area contributed by atoms with E-state index in [-0.39, 0.29) is 23.1 Å². The standard InChI is InChI=1S/C17H18N4O2S2/c1-3-7-21-15(23)12-6-8-24-14(12)19-16(21)25-9-13(22)20-17(2,10-18)11-4-5-11/h3,6,8,11H,1,4-5,7,9H2,2H3,(H,20,22). The van der Waals surface area contributed by atoms with Crippen molar-refractivity contribution in [3.05, 3.63) is 34.5 Å². The zero-order valence-corrected chi connectivity index (χ0v) is 15.5. The Labute approximate surface area is 153 Å². The first-order valence-electron chi connectivity index (χ1n) is 7.92. The summed E-state index contributed by atoms with van der Waals surface area (Å²) in [6.07, 6.45) is 3.56. The summed E-state index contributed by atoms with van der Waals surface area (Å²) < 4.78 is 1.52. The Hall–Kier alpha value is -2.11. The maximum absolute atomic E-state index is 12.5. The number of rotatable bonds is 7. The number of hydrogen-bond donors (Lipinski definition) is 1. The minimum Gasteiger partial charge on any atom is -0.337 e. The summed E-state index contributed by atoms with van der Waals surface area (Å²) in [5.41, 5.74) is -0.947. The van der Waals surface area contributed by atoms with Crippen molar-refractivity contribution in [2.75, 3.05) is 5.75 Å². The number of thiophene rings is 1. The maximum atomic E-state index is 12.5. The van der Waals surface area contributed by atoms with E-state index in [1.54, 1.807) is 19.1 Å². The topological polar surface area (TPSA) is 87.8 Å². The average molecular weight is 374 g/mol. The normalized spacial score (nSPS) is 16.2. The van der Waals surface area contributed by atoms with Crippen LogP contribution in [0, 0.1) is 17.2 Å². The third-order valence-electron chi connectivity index (χ3n) is 4.22. The van der Waals surface area contributed by atoms with Gasteiger partial charge in [0.1, 0.15) is 10.4 Å². The molecular weight excluding hydrogens is 356 g/mol. The molecule has 0 radical (unpaired) electrons. The summed E-state index contributed by atoms with van der Waals surface area (Å²) in [4.78, 5) is 30.0. The van der Waals surface area contributed by atoms with E-state index in [0.29, 0.717) is 21.9 Å². The highest BCUT2D eigenvalue weighted by atomic mass is 32.2. The van der Waals surface area contributed by atoms with Crippen LogP contribution >= 0.6 is 23.1 Å². The second-order valence-corrected chi connectivity index (χ2v) is 8.00. The lowest BCUT2D eigenvalue weighted by Crippen LogP contribution is -2.47. The van der Waals surface area contributed by atoms with Crippen LogP contribution in [0.5, 0.6) is 0 Å². The fraction of sp³-hybridized carbons (Fsp3) is 0.412. The molecular formula is C17H18N4O2S2. The van der Waals surface area contributed by atoms with Crippen LogP contribution in [0.4, 0.5) is 0 Å². The lowest BCUT2D eigenvalue weighted by atomic mass is 9.98. The molecule has 2 aromatic rings. The molecule has 3 rings (SSSR count). The Morgan fingerprint density at radius 3 is 3.08 bits per heavy atom. The summed E-state index contributed by atoms with van der Waals surface area (Å²) in [6, 6.07) is 3.96. The van der Waals surface area contributed by atoms with Gasteiger partial charge in [-0.05, 0) is 37.1 Å². The first kappa shape index (κ1) is 17.7. The van der Waals surface area contributed by atoms with E-state index in [2.05, 4.69) is 22.9 Å². The van der Waals surface area contributed by atoms with Gasteiger partial charge in [-0.2, -0.15) is 5.26 Å². The number of carbonyl (C=O) groups is 1. The van der Waals surface area contributed by atoms with Gasteiger partial charge in [0.15, 0.2) is 5.16 Å². The molecule has 2 heterocycles. The molecule has 0 saturated heterocycles. The summed E-state index contributed by atoms with van der Waals surface area (Å²) in [5, 5.41) is 15.0. The van der Waals surface area contributed by atoms with Gasteiger partial charge in [0, 0.05) is 6.54 Å². The number of hydrogen-bond acceptors (Lipinski definition) is 6. The largest absolute Gasteiger partial charge is 0.337 e. The van der Waals surface area contributed by atoms with Gasteiger partial charge in [-0.15, -0.1) is 17.9 Å². The summed E-state index contributed by atoms with van der Waals surface area (Å²) in [5.74, 6) is 0.0994. The van der Waals surface area contributed by atoms with Crippen LogP contribution in [-0.4, -0.2) is 26.8 Å². The number of fused-ring (bicyclic) bond motifs is 1. The van der Waals surface area contributed by atoms with Crippen molar-refractivity contribution in [1.82, 2.24) is 14.9 Å². The SMILES string of the molecule is C=CCn1c(SCC(=O)NC(C)(C#N)C2CC2)nc2sccc2c1=O. The predicted molar refractivity (Wildman–Crippen MR) is 99.7 cm³/mol. The van der Waals surface area contributed by atoms with Gasteiger partial charge in [0.2, 0.25) is 5.91 Å². The molecule has 1 N–H and O–H groups in total. The first-order chi connectivity index (χ1) is 12.0. The smallest absolute Gasteiger partial charge is 0.263 e. The molecule has 1 amide bonds. The third-order valence-corrected chi connectivity index (χ3v) is 6.00. The van der Waals surface area contributed by atoms with Gasteiger partial charge in [-0.25, -0.2) is 4.98 Å². The number of allylic oxidation sites excluding steroid dienone is 1. The highest BCUT2D eigenvalue weighted by Crippen LogP contribution is 2.39. The zero-order valence-electron chi connectivity index (χ0n) is 13.8. The van der Waals surface area contributed by atoms with Crippen LogP contribution < -0.4 is 10.9 Å². The number of nitrogens with zero attached hydrogens (tertiary/aromatic N) is 3. The molecule has 1 unspecified atom stereocenters. The molecule has 2 aromatic heterocycles. The molecule has 1 atom stereocenters. The Balaban J connectivity index is 1.77. The Kier molecular flexibility index (Phi) is 4.97. The molecule has 0 aliphatic heterocycles. The van der Waals surface area contributed by atoms with E-state index in [1.165, 1.54) is 27.7 Å². The number of carbonyl (C=O) groups excluding carboxylic acids is 1. The third kappa shape index (κ3) is 3.62. The van der Waals surface area contributed by atoms with Crippen LogP contribution in [-0.2, 0) is 11.3 Å². The fourth-order valence-electron chi connectivity index (χ4n) is 2.67. The first-order valence-corrected chi connectivity index (χ1v) is 9.79. The van der Waals surface area contributed by atoms with E-state index >= 15 is 0 Å². The summed E-state index contributed by atoms with van der Waals surface area (Å²) in [7, 11) is 0. The molecule has 25 heavy (non-hydrogen) atoms.